The number of aliphatic carboxylic acids is 1. The van der Waals surface area contributed by atoms with Gasteiger partial charge in [-0.1, -0.05) is 13.3 Å². The van der Waals surface area contributed by atoms with Gasteiger partial charge in [-0.2, -0.15) is 0 Å². The van der Waals surface area contributed by atoms with Gasteiger partial charge in [-0.05, 0) is 31.6 Å². The molecule has 2 rings (SSSR count). The number of rotatable bonds is 3. The highest BCUT2D eigenvalue weighted by molar-refractivity contribution is 5.85. The highest BCUT2D eigenvalue weighted by atomic mass is 16.4. The maximum absolute atomic E-state index is 12.5. The summed E-state index contributed by atoms with van der Waals surface area (Å²) in [6, 6.07) is 0. The molecule has 1 saturated carbocycles. The van der Waals surface area contributed by atoms with Crippen LogP contribution in [0.3, 0.4) is 0 Å². The molecule has 0 aromatic rings. The minimum atomic E-state index is -0.855. The Morgan fingerprint density at radius 2 is 1.95 bits per heavy atom. The van der Waals surface area contributed by atoms with Gasteiger partial charge in [0.1, 0.15) is 0 Å². The normalized spacial score (nSPS) is 35.4. The smallest absolute Gasteiger partial charge is 0.307 e. The zero-order valence-corrected chi connectivity index (χ0v) is 11.4. The molecule has 0 aromatic heterocycles. The van der Waals surface area contributed by atoms with Crippen molar-refractivity contribution in [3.8, 4) is 0 Å². The molecule has 1 amide bonds. The monoisotopic (exact) mass is 269 g/mol. The Morgan fingerprint density at radius 1 is 1.26 bits per heavy atom. The Balaban J connectivity index is 2.05. The van der Waals surface area contributed by atoms with Crippen LogP contribution >= 0.6 is 0 Å². The molecule has 2 N–H and O–H groups in total. The highest BCUT2D eigenvalue weighted by Gasteiger charge is 2.44. The number of likely N-dealkylation sites (tertiary alicyclic amines) is 1. The lowest BCUT2D eigenvalue weighted by atomic mass is 9.93. The summed E-state index contributed by atoms with van der Waals surface area (Å²) >= 11 is 0. The second kappa shape index (κ2) is 5.90. The molecular formula is C14H23NO4. The fraction of sp³-hybridized carbons (Fsp3) is 0.857. The Hall–Kier alpha value is -1.10. The summed E-state index contributed by atoms with van der Waals surface area (Å²) in [5.74, 6) is -1.53. The lowest BCUT2D eigenvalue weighted by Crippen LogP contribution is -2.46. The molecule has 1 aliphatic carbocycles. The van der Waals surface area contributed by atoms with E-state index >= 15 is 0 Å². The largest absolute Gasteiger partial charge is 0.481 e. The van der Waals surface area contributed by atoms with Crippen LogP contribution in [-0.2, 0) is 9.59 Å². The summed E-state index contributed by atoms with van der Waals surface area (Å²) in [7, 11) is 0. The third kappa shape index (κ3) is 3.08. The Bertz CT molecular complexity index is 357. The van der Waals surface area contributed by atoms with Crippen LogP contribution in [0.25, 0.3) is 0 Å². The van der Waals surface area contributed by atoms with Crippen molar-refractivity contribution >= 4 is 11.9 Å². The average Bonchev–Trinajstić information content (AvgIpc) is 2.82. The molecule has 1 heterocycles. The molecule has 0 spiro atoms. The number of aliphatic hydroxyl groups is 1. The molecule has 1 unspecified atom stereocenters. The molecule has 2 aliphatic rings. The Morgan fingerprint density at radius 3 is 2.53 bits per heavy atom. The van der Waals surface area contributed by atoms with Crippen LogP contribution in [0.4, 0.5) is 0 Å². The summed E-state index contributed by atoms with van der Waals surface area (Å²) in [5.41, 5.74) is 0. The second-order valence-corrected chi connectivity index (χ2v) is 5.88. The summed E-state index contributed by atoms with van der Waals surface area (Å²) < 4.78 is 0. The van der Waals surface area contributed by atoms with Crippen LogP contribution in [0.5, 0.6) is 0 Å². The van der Waals surface area contributed by atoms with Gasteiger partial charge in [-0.3, -0.25) is 9.59 Å². The van der Waals surface area contributed by atoms with E-state index in [4.69, 9.17) is 0 Å². The third-order valence-electron chi connectivity index (χ3n) is 4.58. The number of piperidine rings is 1. The van der Waals surface area contributed by atoms with Gasteiger partial charge in [-0.15, -0.1) is 0 Å². The van der Waals surface area contributed by atoms with Gasteiger partial charge in [0, 0.05) is 13.1 Å². The number of hydrogen-bond donors (Lipinski definition) is 2. The number of β-amino-alcohol motifs (C(OH)–C–C–N with tert-alkyl or cyclic N) is 1. The number of carboxylic acids is 1. The Kier molecular flexibility index (Phi) is 4.45. The van der Waals surface area contributed by atoms with Crippen LogP contribution < -0.4 is 0 Å². The van der Waals surface area contributed by atoms with Crippen molar-refractivity contribution in [3.05, 3.63) is 0 Å². The quantitative estimate of drug-likeness (QED) is 0.804. The first-order valence-corrected chi connectivity index (χ1v) is 7.22. The van der Waals surface area contributed by atoms with Crippen LogP contribution in [0.2, 0.25) is 0 Å². The van der Waals surface area contributed by atoms with E-state index < -0.39 is 23.9 Å². The maximum atomic E-state index is 12.5. The number of carbonyl (C=O) groups excluding carboxylic acids is 1. The lowest BCUT2D eigenvalue weighted by molar-refractivity contribution is -0.150. The molecule has 5 nitrogen and oxygen atoms in total. The Labute approximate surface area is 113 Å². The first-order chi connectivity index (χ1) is 9.02. The molecular weight excluding hydrogens is 246 g/mol. The molecule has 0 radical (unpaired) electrons. The predicted molar refractivity (Wildman–Crippen MR) is 69.5 cm³/mol. The van der Waals surface area contributed by atoms with E-state index in [1.807, 2.05) is 6.92 Å². The van der Waals surface area contributed by atoms with Crippen LogP contribution in [0.1, 0.15) is 39.0 Å². The molecule has 1 saturated heterocycles. The molecule has 0 aromatic carbocycles. The van der Waals surface area contributed by atoms with E-state index in [9.17, 15) is 19.8 Å². The molecule has 108 valence electrons. The zero-order chi connectivity index (χ0) is 14.0. The number of nitrogens with zero attached hydrogens (tertiary/aromatic N) is 1. The summed E-state index contributed by atoms with van der Waals surface area (Å²) in [5, 5.41) is 18.9. The molecule has 19 heavy (non-hydrogen) atoms. The van der Waals surface area contributed by atoms with Crippen molar-refractivity contribution in [2.24, 2.45) is 17.8 Å². The third-order valence-corrected chi connectivity index (χ3v) is 4.58. The van der Waals surface area contributed by atoms with Gasteiger partial charge in [0.05, 0.1) is 17.9 Å². The van der Waals surface area contributed by atoms with Crippen molar-refractivity contribution in [1.82, 2.24) is 4.90 Å². The second-order valence-electron chi connectivity index (χ2n) is 5.88. The van der Waals surface area contributed by atoms with Gasteiger partial charge in [-0.25, -0.2) is 0 Å². The first-order valence-electron chi connectivity index (χ1n) is 7.22. The topological polar surface area (TPSA) is 77.8 Å². The fourth-order valence-electron chi connectivity index (χ4n) is 3.41. The fourth-order valence-corrected chi connectivity index (χ4v) is 3.41. The summed E-state index contributed by atoms with van der Waals surface area (Å²) in [6.07, 6.45) is 3.29. The average molecular weight is 269 g/mol. The van der Waals surface area contributed by atoms with Gasteiger partial charge < -0.3 is 15.1 Å². The van der Waals surface area contributed by atoms with Crippen molar-refractivity contribution in [1.29, 1.82) is 0 Å². The van der Waals surface area contributed by atoms with Crippen molar-refractivity contribution < 1.29 is 19.8 Å². The maximum Gasteiger partial charge on any atom is 0.307 e. The zero-order valence-electron chi connectivity index (χ0n) is 11.4. The molecule has 5 heteroatoms. The minimum Gasteiger partial charge on any atom is -0.481 e. The first kappa shape index (κ1) is 14.3. The summed E-state index contributed by atoms with van der Waals surface area (Å²) in [6.45, 7) is 3.05. The molecule has 1 aliphatic heterocycles. The van der Waals surface area contributed by atoms with E-state index in [2.05, 4.69) is 0 Å². The van der Waals surface area contributed by atoms with Crippen molar-refractivity contribution in [3.63, 3.8) is 0 Å². The highest BCUT2D eigenvalue weighted by Crippen LogP contribution is 2.39. The van der Waals surface area contributed by atoms with Crippen LogP contribution in [-0.4, -0.2) is 46.2 Å². The van der Waals surface area contributed by atoms with E-state index in [-0.39, 0.29) is 5.91 Å². The van der Waals surface area contributed by atoms with E-state index in [0.29, 0.717) is 31.8 Å². The van der Waals surface area contributed by atoms with Crippen molar-refractivity contribution in [2.45, 2.75) is 45.1 Å². The number of hydrogen-bond acceptors (Lipinski definition) is 3. The van der Waals surface area contributed by atoms with E-state index in [1.54, 1.807) is 4.90 Å². The molecule has 2 fully saturated rings. The van der Waals surface area contributed by atoms with Crippen LogP contribution in [0.15, 0.2) is 0 Å². The minimum absolute atomic E-state index is 0.0675. The van der Waals surface area contributed by atoms with Crippen LogP contribution in [0, 0.1) is 17.8 Å². The lowest BCUT2D eigenvalue weighted by Gasteiger charge is -2.33. The number of amides is 1. The standard InChI is InChI=1S/C14H23NO4/c1-2-9-6-11(12(7-9)14(18)19)13(17)15-5-3-4-10(16)8-15/h9-12,16H,2-8H2,1H3,(H,18,19)/t9?,10-,11-,12+/m0/s1. The van der Waals surface area contributed by atoms with Gasteiger partial charge in [0.15, 0.2) is 0 Å². The van der Waals surface area contributed by atoms with E-state index in [0.717, 1.165) is 19.3 Å². The summed E-state index contributed by atoms with van der Waals surface area (Å²) in [4.78, 5) is 25.4. The SMILES string of the molecule is CCC1C[C@H](C(=O)N2CCC[C@H](O)C2)[C@H](C(=O)O)C1. The van der Waals surface area contributed by atoms with Gasteiger partial charge in [0.25, 0.3) is 0 Å². The predicted octanol–water partition coefficient (Wildman–Crippen LogP) is 1.11. The molecule has 4 atom stereocenters. The van der Waals surface area contributed by atoms with Gasteiger partial charge >= 0.3 is 5.97 Å². The number of aliphatic hydroxyl groups excluding tert-OH is 1. The van der Waals surface area contributed by atoms with Gasteiger partial charge in [0.2, 0.25) is 5.91 Å². The van der Waals surface area contributed by atoms with Crippen molar-refractivity contribution in [2.75, 3.05) is 13.1 Å². The van der Waals surface area contributed by atoms with E-state index in [1.165, 1.54) is 0 Å². The number of carbonyl (C=O) groups is 2. The molecule has 0 bridgehead atoms. The number of carboxylic acid groups (broad SMARTS) is 1.